The number of hydrogen-bond acceptors (Lipinski definition) is 0. The molecule has 0 nitrogen and oxygen atoms in total. The molecule has 0 saturated heterocycles. The van der Waals surface area contributed by atoms with Crippen LogP contribution in [0.5, 0.6) is 0 Å². The lowest BCUT2D eigenvalue weighted by Crippen LogP contribution is -2.54. The molecule has 5 unspecified atom stereocenters. The van der Waals surface area contributed by atoms with Gasteiger partial charge < -0.3 is 0 Å². The van der Waals surface area contributed by atoms with Crippen molar-refractivity contribution in [2.45, 2.75) is 46.5 Å². The number of rotatable bonds is 3. The predicted octanol–water partition coefficient (Wildman–Crippen LogP) is 3.71. The summed E-state index contributed by atoms with van der Waals surface area (Å²) in [6.45, 7) is 7.27. The Balaban J connectivity index is 1.87. The quantitative estimate of drug-likeness (QED) is 0.599. The minimum absolute atomic E-state index is 1.01. The first-order chi connectivity index (χ1) is 5.75. The highest BCUT2D eigenvalue weighted by atomic mass is 14.6. The van der Waals surface area contributed by atoms with Crippen LogP contribution in [0.15, 0.2) is 0 Å². The molecule has 0 bridgehead atoms. The van der Waals surface area contributed by atoms with Crippen LogP contribution in [-0.2, 0) is 0 Å². The molecule has 0 radical (unpaired) electrons. The summed E-state index contributed by atoms with van der Waals surface area (Å²) in [5, 5.41) is 0. The molecule has 0 spiro atoms. The van der Waals surface area contributed by atoms with Gasteiger partial charge in [0.1, 0.15) is 0 Å². The van der Waals surface area contributed by atoms with Crippen LogP contribution >= 0.6 is 0 Å². The van der Waals surface area contributed by atoms with Gasteiger partial charge in [0.05, 0.1) is 0 Å². The molecule has 0 aromatic carbocycles. The predicted molar refractivity (Wildman–Crippen MR) is 52.9 cm³/mol. The number of fused-ring (bicyclic) bond motifs is 1. The lowest BCUT2D eigenvalue weighted by molar-refractivity contribution is -0.119. The van der Waals surface area contributed by atoms with Crippen molar-refractivity contribution in [2.24, 2.45) is 29.6 Å². The molecule has 2 aliphatic carbocycles. The summed E-state index contributed by atoms with van der Waals surface area (Å²) in [6, 6.07) is 0. The zero-order valence-corrected chi connectivity index (χ0v) is 8.72. The molecular formula is C12H22. The van der Waals surface area contributed by atoms with E-state index in [0.29, 0.717) is 0 Å². The summed E-state index contributed by atoms with van der Waals surface area (Å²) >= 11 is 0. The first kappa shape index (κ1) is 8.59. The van der Waals surface area contributed by atoms with Gasteiger partial charge in [0, 0.05) is 0 Å². The minimum atomic E-state index is 1.01. The van der Waals surface area contributed by atoms with E-state index < -0.39 is 0 Å². The molecule has 12 heavy (non-hydrogen) atoms. The highest BCUT2D eigenvalue weighted by Crippen LogP contribution is 2.60. The van der Waals surface area contributed by atoms with E-state index in [1.54, 1.807) is 12.8 Å². The molecule has 0 aliphatic heterocycles. The van der Waals surface area contributed by atoms with Gasteiger partial charge in [-0.1, -0.05) is 33.6 Å². The van der Waals surface area contributed by atoms with Crippen molar-refractivity contribution in [2.75, 3.05) is 0 Å². The molecule has 0 amide bonds. The summed E-state index contributed by atoms with van der Waals surface area (Å²) in [7, 11) is 0. The fourth-order valence-corrected chi connectivity index (χ4v) is 3.80. The van der Waals surface area contributed by atoms with Crippen LogP contribution in [0.3, 0.4) is 0 Å². The van der Waals surface area contributed by atoms with Crippen LogP contribution in [0.25, 0.3) is 0 Å². The summed E-state index contributed by atoms with van der Waals surface area (Å²) < 4.78 is 0. The lowest BCUT2D eigenvalue weighted by atomic mass is 9.45. The van der Waals surface area contributed by atoms with Crippen LogP contribution < -0.4 is 0 Å². The van der Waals surface area contributed by atoms with Gasteiger partial charge >= 0.3 is 0 Å². The molecule has 0 heteroatoms. The second kappa shape index (κ2) is 3.05. The molecule has 2 saturated carbocycles. The largest absolute Gasteiger partial charge is 0.0654 e. The second-order valence-electron chi connectivity index (χ2n) is 5.11. The van der Waals surface area contributed by atoms with Gasteiger partial charge in [0.25, 0.3) is 0 Å². The smallest absolute Gasteiger partial charge is 0.0329 e. The third-order valence-electron chi connectivity index (χ3n) is 4.56. The summed E-state index contributed by atoms with van der Waals surface area (Å²) in [6.07, 6.45) is 5.93. The van der Waals surface area contributed by atoms with Crippen molar-refractivity contribution < 1.29 is 0 Å². The minimum Gasteiger partial charge on any atom is -0.0654 e. The topological polar surface area (TPSA) is 0 Å². The molecule has 2 rings (SSSR count). The van der Waals surface area contributed by atoms with Crippen molar-refractivity contribution in [3.05, 3.63) is 0 Å². The molecular weight excluding hydrogens is 144 g/mol. The van der Waals surface area contributed by atoms with E-state index in [1.807, 2.05) is 0 Å². The second-order valence-corrected chi connectivity index (χ2v) is 5.11. The fourth-order valence-electron chi connectivity index (χ4n) is 3.80. The molecule has 0 aromatic heterocycles. The summed E-state index contributed by atoms with van der Waals surface area (Å²) in [5.41, 5.74) is 0. The maximum atomic E-state index is 2.48. The van der Waals surface area contributed by atoms with Gasteiger partial charge in [0.15, 0.2) is 0 Å². The van der Waals surface area contributed by atoms with Crippen molar-refractivity contribution in [3.63, 3.8) is 0 Å². The molecule has 70 valence electrons. The third-order valence-corrected chi connectivity index (χ3v) is 4.56. The first-order valence-electron chi connectivity index (χ1n) is 5.75. The molecule has 2 aliphatic rings. The Hall–Kier alpha value is 0. The van der Waals surface area contributed by atoms with Crippen LogP contribution in [-0.4, -0.2) is 0 Å². The van der Waals surface area contributed by atoms with Gasteiger partial charge in [-0.2, -0.15) is 0 Å². The van der Waals surface area contributed by atoms with Gasteiger partial charge in [-0.05, 0) is 42.4 Å². The van der Waals surface area contributed by atoms with Crippen LogP contribution in [0.2, 0.25) is 0 Å². The highest BCUT2D eigenvalue weighted by molar-refractivity contribution is 5.02. The van der Waals surface area contributed by atoms with E-state index in [4.69, 9.17) is 0 Å². The van der Waals surface area contributed by atoms with Crippen LogP contribution in [0.1, 0.15) is 46.5 Å². The van der Waals surface area contributed by atoms with Gasteiger partial charge in [-0.3, -0.25) is 0 Å². The number of hydrogen-bond donors (Lipinski definition) is 0. The van der Waals surface area contributed by atoms with E-state index in [9.17, 15) is 0 Å². The normalized spacial score (nSPS) is 47.2. The Bertz CT molecular complexity index is 155. The van der Waals surface area contributed by atoms with Crippen LogP contribution in [0, 0.1) is 29.6 Å². The van der Waals surface area contributed by atoms with Crippen molar-refractivity contribution >= 4 is 0 Å². The van der Waals surface area contributed by atoms with E-state index in [1.165, 1.54) is 12.8 Å². The highest BCUT2D eigenvalue weighted by Gasteiger charge is 2.53. The Morgan fingerprint density at radius 3 is 2.33 bits per heavy atom. The molecule has 0 heterocycles. The molecule has 0 aromatic rings. The standard InChI is InChI=1S/C12H22/c1-4-5-8(2)12-9(3)10-6-7-11(10)12/h8-12H,4-7H2,1-3H3. The Kier molecular flexibility index (Phi) is 2.18. The van der Waals surface area contributed by atoms with E-state index in [0.717, 1.165) is 29.6 Å². The maximum absolute atomic E-state index is 2.48. The van der Waals surface area contributed by atoms with Crippen molar-refractivity contribution in [1.82, 2.24) is 0 Å². The monoisotopic (exact) mass is 166 g/mol. The molecule has 5 atom stereocenters. The third kappa shape index (κ3) is 1.03. The van der Waals surface area contributed by atoms with Gasteiger partial charge in [-0.15, -0.1) is 0 Å². The van der Waals surface area contributed by atoms with Crippen LogP contribution in [0.4, 0.5) is 0 Å². The maximum Gasteiger partial charge on any atom is -0.0329 e. The van der Waals surface area contributed by atoms with E-state index >= 15 is 0 Å². The zero-order valence-electron chi connectivity index (χ0n) is 8.72. The average Bonchev–Trinajstić information content (AvgIpc) is 1.98. The summed E-state index contributed by atoms with van der Waals surface area (Å²) in [4.78, 5) is 0. The average molecular weight is 166 g/mol. The first-order valence-corrected chi connectivity index (χ1v) is 5.75. The molecule has 2 fully saturated rings. The zero-order chi connectivity index (χ0) is 8.72. The SMILES string of the molecule is CCCC(C)C1C(C)C2CCC21. The fraction of sp³-hybridized carbons (Fsp3) is 1.00. The summed E-state index contributed by atoms with van der Waals surface area (Å²) in [5.74, 6) is 5.47. The Morgan fingerprint density at radius 2 is 1.92 bits per heavy atom. The molecule has 0 N–H and O–H groups in total. The van der Waals surface area contributed by atoms with Gasteiger partial charge in [-0.25, -0.2) is 0 Å². The van der Waals surface area contributed by atoms with Crippen molar-refractivity contribution in [3.8, 4) is 0 Å². The van der Waals surface area contributed by atoms with Gasteiger partial charge in [0.2, 0.25) is 0 Å². The lowest BCUT2D eigenvalue weighted by Gasteiger charge is -2.60. The Labute approximate surface area is 76.7 Å². The van der Waals surface area contributed by atoms with E-state index in [2.05, 4.69) is 20.8 Å². The van der Waals surface area contributed by atoms with Crippen molar-refractivity contribution in [1.29, 1.82) is 0 Å². The Morgan fingerprint density at radius 1 is 1.25 bits per heavy atom. The van der Waals surface area contributed by atoms with E-state index in [-0.39, 0.29) is 0 Å².